The molecule has 1 heterocycles. The van der Waals surface area contributed by atoms with E-state index in [0.717, 1.165) is 64.2 Å². The topological polar surface area (TPSA) is 50.2 Å². The average Bonchev–Trinajstić information content (AvgIpc) is 2.89. The van der Waals surface area contributed by atoms with Crippen LogP contribution in [0.3, 0.4) is 0 Å². The predicted octanol–water partition coefficient (Wildman–Crippen LogP) is 9.48. The first kappa shape index (κ1) is 32.3. The second-order valence-electron chi connectivity index (χ2n) is 9.95. The summed E-state index contributed by atoms with van der Waals surface area (Å²) in [5.41, 5.74) is 5.04. The van der Waals surface area contributed by atoms with E-state index in [4.69, 9.17) is 4.98 Å². The number of benzene rings is 3. The first-order valence-corrected chi connectivity index (χ1v) is 13.6. The summed E-state index contributed by atoms with van der Waals surface area (Å²) in [6.45, 7) is 12.2. The van der Waals surface area contributed by atoms with Crippen molar-refractivity contribution in [2.45, 2.75) is 67.2 Å². The fourth-order valence-electron chi connectivity index (χ4n) is 4.87. The van der Waals surface area contributed by atoms with E-state index < -0.39 is 0 Å². The Bertz CT molecular complexity index is 1420. The quantitative estimate of drug-likeness (QED) is 0.0861. The number of allylic oxidation sites excluding steroid dienone is 2. The molecule has 0 saturated heterocycles. The molecule has 0 fully saturated rings. The van der Waals surface area contributed by atoms with Crippen LogP contribution in [0.5, 0.6) is 0 Å². The number of aromatic nitrogens is 1. The molecular weight excluding hydrogens is 666 g/mol. The summed E-state index contributed by atoms with van der Waals surface area (Å²) < 4.78 is 13.6. The van der Waals surface area contributed by atoms with Crippen LogP contribution in [-0.2, 0) is 24.9 Å². The Morgan fingerprint density at radius 2 is 1.54 bits per heavy atom. The molecule has 0 aliphatic carbocycles. The van der Waals surface area contributed by atoms with Gasteiger partial charge in [-0.05, 0) is 60.3 Å². The average molecular weight is 705 g/mol. The van der Waals surface area contributed by atoms with Crippen molar-refractivity contribution in [3.8, 4) is 11.3 Å². The van der Waals surface area contributed by atoms with Gasteiger partial charge in [0.2, 0.25) is 0 Å². The van der Waals surface area contributed by atoms with Gasteiger partial charge in [-0.25, -0.2) is 4.39 Å². The number of hydrogen-bond acceptors (Lipinski definition) is 3. The van der Waals surface area contributed by atoms with Crippen molar-refractivity contribution < 1.29 is 34.4 Å². The second kappa shape index (κ2) is 15.1. The fraction of sp³-hybridized carbons (Fsp3) is 0.353. The van der Waals surface area contributed by atoms with Gasteiger partial charge >= 0.3 is 0 Å². The summed E-state index contributed by atoms with van der Waals surface area (Å²) in [5.74, 6) is 0.322. The Labute approximate surface area is 245 Å². The molecule has 4 aromatic rings. The number of aliphatic hydroxyl groups is 1. The molecule has 39 heavy (non-hydrogen) atoms. The van der Waals surface area contributed by atoms with Crippen LogP contribution in [0.15, 0.2) is 66.4 Å². The van der Waals surface area contributed by atoms with Crippen molar-refractivity contribution in [1.82, 2.24) is 4.98 Å². The Morgan fingerprint density at radius 3 is 2.15 bits per heavy atom. The number of fused-ring (bicyclic) bond motifs is 3. The number of halogens is 1. The third kappa shape index (κ3) is 8.30. The van der Waals surface area contributed by atoms with Crippen LogP contribution in [0.4, 0.5) is 4.39 Å². The Hall–Kier alpha value is -2.88. The number of pyridine rings is 1. The summed E-state index contributed by atoms with van der Waals surface area (Å²) in [7, 11) is 0. The molecule has 3 nitrogen and oxygen atoms in total. The van der Waals surface area contributed by atoms with Crippen molar-refractivity contribution in [2.75, 3.05) is 0 Å². The van der Waals surface area contributed by atoms with Crippen LogP contribution in [-0.4, -0.2) is 15.9 Å². The third-order valence-electron chi connectivity index (χ3n) is 7.16. The number of nitrogens with zero attached hydrogens (tertiary/aromatic N) is 1. The number of aliphatic hydroxyl groups excluding tert-OH is 1. The molecule has 209 valence electrons. The number of rotatable bonds is 8. The molecule has 0 amide bonds. The van der Waals surface area contributed by atoms with Gasteiger partial charge in [0.1, 0.15) is 5.82 Å². The number of ketones is 1. The number of aryl methyl sites for hydroxylation is 2. The van der Waals surface area contributed by atoms with Gasteiger partial charge in [-0.1, -0.05) is 65.8 Å². The van der Waals surface area contributed by atoms with Gasteiger partial charge in [0, 0.05) is 43.4 Å². The van der Waals surface area contributed by atoms with Crippen molar-refractivity contribution in [3.05, 3.63) is 89.4 Å². The molecule has 0 saturated carbocycles. The van der Waals surface area contributed by atoms with Crippen LogP contribution in [0.1, 0.15) is 64.5 Å². The zero-order valence-corrected chi connectivity index (χ0v) is 26.2. The molecular formula is C34H39FIrNO2-. The van der Waals surface area contributed by atoms with Gasteiger partial charge < -0.3 is 5.11 Å². The molecule has 0 aliphatic heterocycles. The molecule has 4 rings (SSSR count). The molecule has 3 aromatic carbocycles. The SMILES string of the molecule is CCC(CC)C(=O)/C=C(\O)C(CC)CC.Cc1[c-]c(-c2ccc3c(ccc4ccc(F)cc43)n2)cc(C)c1.[Ir]. The number of carbonyl (C=O) groups is 1. The fourth-order valence-corrected chi connectivity index (χ4v) is 4.87. The summed E-state index contributed by atoms with van der Waals surface area (Å²) in [4.78, 5) is 16.5. The van der Waals surface area contributed by atoms with Crippen LogP contribution < -0.4 is 0 Å². The maximum absolute atomic E-state index is 13.6. The van der Waals surface area contributed by atoms with E-state index in [1.165, 1.54) is 17.7 Å². The first-order valence-electron chi connectivity index (χ1n) is 13.6. The minimum absolute atomic E-state index is 0. The van der Waals surface area contributed by atoms with E-state index in [0.29, 0.717) is 0 Å². The molecule has 1 aromatic heterocycles. The smallest absolute Gasteiger partial charge is 0.162 e. The van der Waals surface area contributed by atoms with Crippen molar-refractivity contribution >= 4 is 27.5 Å². The molecule has 1 radical (unpaired) electrons. The molecule has 0 atom stereocenters. The first-order chi connectivity index (χ1) is 18.2. The zero-order chi connectivity index (χ0) is 27.8. The molecule has 5 heteroatoms. The Balaban J connectivity index is 0.000000294. The van der Waals surface area contributed by atoms with Crippen molar-refractivity contribution in [3.63, 3.8) is 0 Å². The van der Waals surface area contributed by atoms with Gasteiger partial charge in [0.15, 0.2) is 5.78 Å². The van der Waals surface area contributed by atoms with Gasteiger partial charge in [-0.2, -0.15) is 0 Å². The minimum atomic E-state index is -0.225. The van der Waals surface area contributed by atoms with Crippen LogP contribution in [0.25, 0.3) is 32.9 Å². The minimum Gasteiger partial charge on any atom is -0.512 e. The standard InChI is InChI=1S/C21H15FN.C13H24O2.Ir/c1-13-9-14(2)11-16(10-13)20-8-6-18-19-12-17(22)5-3-15(19)4-7-21(18)23-20;1-5-10(6-2)12(14)9-13(15)11(7-3)8-4;/h3-10,12H,1-2H3;9-11,14H,5-8H2,1-4H3;/q-1;;/b;12-9-;. The van der Waals surface area contributed by atoms with E-state index >= 15 is 0 Å². The van der Waals surface area contributed by atoms with Gasteiger partial charge in [-0.15, -0.1) is 34.9 Å². The van der Waals surface area contributed by atoms with Crippen LogP contribution in [0, 0.1) is 37.6 Å². The maximum Gasteiger partial charge on any atom is 0.162 e. The van der Waals surface area contributed by atoms with Crippen molar-refractivity contribution in [1.29, 1.82) is 0 Å². The van der Waals surface area contributed by atoms with Gasteiger partial charge in [0.25, 0.3) is 0 Å². The second-order valence-corrected chi connectivity index (χ2v) is 9.95. The van der Waals surface area contributed by atoms with Gasteiger partial charge in [0.05, 0.1) is 11.3 Å². The molecule has 0 aliphatic rings. The number of hydrogen-bond donors (Lipinski definition) is 1. The summed E-state index contributed by atoms with van der Waals surface area (Å²) in [6.07, 6.45) is 4.91. The van der Waals surface area contributed by atoms with Crippen molar-refractivity contribution in [2.24, 2.45) is 11.8 Å². The monoisotopic (exact) mass is 705 g/mol. The largest absolute Gasteiger partial charge is 0.512 e. The molecule has 0 unspecified atom stereocenters. The normalized spacial score (nSPS) is 11.5. The Kier molecular flexibility index (Phi) is 12.5. The van der Waals surface area contributed by atoms with Crippen LogP contribution >= 0.6 is 0 Å². The van der Waals surface area contributed by atoms with E-state index in [9.17, 15) is 14.3 Å². The molecule has 0 spiro atoms. The van der Waals surface area contributed by atoms with Gasteiger partial charge in [-0.3, -0.25) is 9.78 Å². The molecule has 1 N–H and O–H groups in total. The maximum atomic E-state index is 13.6. The number of carbonyl (C=O) groups excluding carboxylic acids is 1. The van der Waals surface area contributed by atoms with E-state index in [-0.39, 0.29) is 49.3 Å². The summed E-state index contributed by atoms with van der Waals surface area (Å²) in [5, 5.41) is 12.6. The Morgan fingerprint density at radius 1 is 0.897 bits per heavy atom. The molecule has 0 bridgehead atoms. The third-order valence-corrected chi connectivity index (χ3v) is 7.16. The van der Waals surface area contributed by atoms with E-state index in [1.807, 2.05) is 58.9 Å². The predicted molar refractivity (Wildman–Crippen MR) is 157 cm³/mol. The zero-order valence-electron chi connectivity index (χ0n) is 23.8. The van der Waals surface area contributed by atoms with Crippen LogP contribution in [0.2, 0.25) is 0 Å². The van der Waals surface area contributed by atoms with E-state index in [1.54, 1.807) is 12.1 Å². The summed E-state index contributed by atoms with van der Waals surface area (Å²) >= 11 is 0. The summed E-state index contributed by atoms with van der Waals surface area (Å²) in [6, 6.07) is 20.4. The van der Waals surface area contributed by atoms with E-state index in [2.05, 4.69) is 25.1 Å².